The van der Waals surface area contributed by atoms with Crippen LogP contribution in [0.15, 0.2) is 53.4 Å². The predicted molar refractivity (Wildman–Crippen MR) is 140 cm³/mol. The summed E-state index contributed by atoms with van der Waals surface area (Å²) in [4.78, 5) is 0.880. The van der Waals surface area contributed by atoms with Crippen LogP contribution in [0.4, 0.5) is 0 Å². The fourth-order valence-corrected chi connectivity index (χ4v) is 10.3. The van der Waals surface area contributed by atoms with Crippen LogP contribution in [0.1, 0.15) is 55.4 Å². The Morgan fingerprint density at radius 1 is 0.700 bits per heavy atom. The van der Waals surface area contributed by atoms with Gasteiger partial charge in [0, 0.05) is 0 Å². The molecular weight excluding hydrogens is 465 g/mol. The summed E-state index contributed by atoms with van der Waals surface area (Å²) < 4.78 is 0. The van der Waals surface area contributed by atoms with Gasteiger partial charge in [0.2, 0.25) is 0 Å². The Morgan fingerprint density at radius 3 is 1.50 bits per heavy atom. The summed E-state index contributed by atoms with van der Waals surface area (Å²) in [6, 6.07) is 18.9. The molecule has 2 aromatic rings. The molecule has 0 aliphatic carbocycles. The monoisotopic (exact) mass is 504 g/mol. The first kappa shape index (κ1) is 30.0. The molecule has 0 saturated heterocycles. The molecule has 30 heavy (non-hydrogen) atoms. The molecule has 0 N–H and O–H groups in total. The molecular formula is C26H40NiP2S. The van der Waals surface area contributed by atoms with Gasteiger partial charge in [-0.25, -0.2) is 4.90 Å². The Morgan fingerprint density at radius 2 is 1.13 bits per heavy atom. The van der Waals surface area contributed by atoms with Gasteiger partial charge in [0.1, 0.15) is 0 Å². The molecule has 2 rings (SSSR count). The van der Waals surface area contributed by atoms with E-state index in [0.29, 0.717) is 0 Å². The second kappa shape index (κ2) is 15.8. The van der Waals surface area contributed by atoms with Crippen LogP contribution in [-0.2, 0) is 29.1 Å². The van der Waals surface area contributed by atoms with Crippen molar-refractivity contribution < 1.29 is 16.5 Å². The average Bonchev–Trinajstić information content (AvgIpc) is 2.65. The van der Waals surface area contributed by atoms with Gasteiger partial charge >= 0.3 is 16.5 Å². The second-order valence-electron chi connectivity index (χ2n) is 8.62. The van der Waals surface area contributed by atoms with Crippen LogP contribution >= 0.6 is 15.8 Å². The molecule has 0 radical (unpaired) electrons. The minimum atomic E-state index is 0. The molecule has 170 valence electrons. The first-order valence-electron chi connectivity index (χ1n) is 10.9. The molecule has 0 bridgehead atoms. The third-order valence-electron chi connectivity index (χ3n) is 5.16. The van der Waals surface area contributed by atoms with Crippen molar-refractivity contribution in [3.8, 4) is 11.1 Å². The average molecular weight is 505 g/mol. The van der Waals surface area contributed by atoms with Crippen molar-refractivity contribution in [3.05, 3.63) is 54.6 Å². The molecule has 0 atom stereocenters. The van der Waals surface area contributed by atoms with E-state index in [4.69, 9.17) is 12.6 Å². The second-order valence-corrected chi connectivity index (χ2v) is 16.1. The van der Waals surface area contributed by atoms with E-state index in [1.165, 1.54) is 12.3 Å². The van der Waals surface area contributed by atoms with Crippen LogP contribution in [0.3, 0.4) is 0 Å². The summed E-state index contributed by atoms with van der Waals surface area (Å²) >= 11 is 5.21. The molecule has 4 heteroatoms. The zero-order valence-electron chi connectivity index (χ0n) is 20.0. The van der Waals surface area contributed by atoms with Gasteiger partial charge in [0.05, 0.1) is 0 Å². The van der Waals surface area contributed by atoms with Crippen LogP contribution in [0.5, 0.6) is 0 Å². The van der Waals surface area contributed by atoms with Gasteiger partial charge in [-0.3, -0.25) is 0 Å². The Hall–Kier alpha value is 0.0135. The van der Waals surface area contributed by atoms with Gasteiger partial charge in [-0.05, 0) is 35.0 Å². The fraction of sp³-hybridized carbons (Fsp3) is 0.538. The van der Waals surface area contributed by atoms with Crippen molar-refractivity contribution in [1.29, 1.82) is 0 Å². The molecule has 0 spiro atoms. The van der Waals surface area contributed by atoms with E-state index in [9.17, 15) is 0 Å². The van der Waals surface area contributed by atoms with Gasteiger partial charge in [-0.1, -0.05) is 79.7 Å². The third-order valence-corrected chi connectivity index (χ3v) is 12.7. The number of hydrogen-bond acceptors (Lipinski definition) is 1. The normalized spacial score (nSPS) is 11.3. The maximum absolute atomic E-state index is 5.21. The minimum absolute atomic E-state index is 0. The van der Waals surface area contributed by atoms with Crippen LogP contribution in [0.25, 0.3) is 11.1 Å². The standard InChI is InChI=1S/C14H32P2.C12H9S.Ni/c1-11(2)15(12(3)4)9-10-16(13(5)6)14(7)8;13-12-9-5-4-8-11(12)10-6-2-1-3-7-10;/h11-14H,9-10H2,1-8H3;1-6,8-9,13H;/q;-1;+2/p-1. The Labute approximate surface area is 205 Å². The van der Waals surface area contributed by atoms with Crippen LogP contribution in [0.2, 0.25) is 0 Å². The molecule has 0 amide bonds. The van der Waals surface area contributed by atoms with Crippen molar-refractivity contribution in [2.45, 2.75) is 82.9 Å². The van der Waals surface area contributed by atoms with Crippen LogP contribution in [-0.4, -0.2) is 35.0 Å². The zero-order valence-corrected chi connectivity index (χ0v) is 23.6. The molecule has 0 aliphatic heterocycles. The Balaban J connectivity index is 0.000000550. The summed E-state index contributed by atoms with van der Waals surface area (Å²) in [5.41, 5.74) is 5.78. The van der Waals surface area contributed by atoms with Crippen molar-refractivity contribution in [2.75, 3.05) is 12.3 Å². The van der Waals surface area contributed by atoms with Gasteiger partial charge in [-0.15, -0.1) is 57.3 Å². The molecule has 0 saturated carbocycles. The van der Waals surface area contributed by atoms with Gasteiger partial charge in [-0.2, -0.15) is 0 Å². The first-order valence-corrected chi connectivity index (χ1v) is 14.6. The third kappa shape index (κ3) is 10.6. The predicted octanol–water partition coefficient (Wildman–Crippen LogP) is 8.64. The molecule has 0 heterocycles. The summed E-state index contributed by atoms with van der Waals surface area (Å²) in [5, 5.41) is 0. The maximum atomic E-state index is 5.21. The smallest absolute Gasteiger partial charge is 0.789 e. The zero-order chi connectivity index (χ0) is 22.0. The SMILES string of the molecule is CC(C)P(CCP(C(C)C)C(C)C)C(C)C.[Ni+2].[S-]c1ccccc1-c1[c-]cccc1. The van der Waals surface area contributed by atoms with Gasteiger partial charge < -0.3 is 12.6 Å². The minimum Gasteiger partial charge on any atom is -0.789 e. The van der Waals surface area contributed by atoms with E-state index in [-0.39, 0.29) is 32.3 Å². The molecule has 0 fully saturated rings. The molecule has 0 unspecified atom stereocenters. The Bertz CT molecular complexity index is 650. The fourth-order valence-electron chi connectivity index (χ4n) is 3.71. The van der Waals surface area contributed by atoms with Crippen molar-refractivity contribution >= 4 is 28.5 Å². The first-order chi connectivity index (χ1) is 13.6. The topological polar surface area (TPSA) is 0 Å². The quantitative estimate of drug-likeness (QED) is 0.150. The van der Waals surface area contributed by atoms with Crippen molar-refractivity contribution in [2.24, 2.45) is 0 Å². The number of rotatable bonds is 8. The molecule has 0 aliphatic rings. The van der Waals surface area contributed by atoms with Crippen molar-refractivity contribution in [1.82, 2.24) is 0 Å². The molecule has 0 nitrogen and oxygen atoms in total. The largest absolute Gasteiger partial charge is 2.00 e. The van der Waals surface area contributed by atoms with Crippen LogP contribution in [0, 0.1) is 6.07 Å². The van der Waals surface area contributed by atoms with E-state index in [0.717, 1.165) is 38.7 Å². The van der Waals surface area contributed by atoms with Crippen LogP contribution < -0.4 is 0 Å². The summed E-state index contributed by atoms with van der Waals surface area (Å²) in [5.74, 6) is 0. The summed E-state index contributed by atoms with van der Waals surface area (Å²) in [6.45, 7) is 19.3. The Kier molecular flexibility index (Phi) is 15.8. The molecule has 2 aromatic carbocycles. The summed E-state index contributed by atoms with van der Waals surface area (Å²) in [7, 11) is 0.511. The van der Waals surface area contributed by atoms with E-state index in [1.54, 1.807) is 0 Å². The van der Waals surface area contributed by atoms with E-state index >= 15 is 0 Å². The summed E-state index contributed by atoms with van der Waals surface area (Å²) in [6.07, 6.45) is 3.01. The van der Waals surface area contributed by atoms with E-state index < -0.39 is 0 Å². The van der Waals surface area contributed by atoms with E-state index in [1.807, 2.05) is 48.5 Å². The van der Waals surface area contributed by atoms with Gasteiger partial charge in [0.25, 0.3) is 0 Å². The number of benzene rings is 2. The number of hydrogen-bond donors (Lipinski definition) is 0. The maximum Gasteiger partial charge on any atom is 2.00 e. The van der Waals surface area contributed by atoms with Gasteiger partial charge in [0.15, 0.2) is 0 Å². The van der Waals surface area contributed by atoms with Crippen molar-refractivity contribution in [3.63, 3.8) is 0 Å². The van der Waals surface area contributed by atoms with E-state index in [2.05, 4.69) is 61.5 Å². The molecule has 0 aromatic heterocycles.